The van der Waals surface area contributed by atoms with E-state index in [9.17, 15) is 13.2 Å². The van der Waals surface area contributed by atoms with Crippen LogP contribution in [0.3, 0.4) is 0 Å². The van der Waals surface area contributed by atoms with Gasteiger partial charge in [-0.25, -0.2) is 8.42 Å². The van der Waals surface area contributed by atoms with Gasteiger partial charge in [0, 0.05) is 29.8 Å². The van der Waals surface area contributed by atoms with E-state index in [-0.39, 0.29) is 22.3 Å². The third-order valence-corrected chi connectivity index (χ3v) is 7.81. The van der Waals surface area contributed by atoms with Gasteiger partial charge in [0.2, 0.25) is 10.0 Å². The normalized spacial score (nSPS) is 20.9. The van der Waals surface area contributed by atoms with Gasteiger partial charge in [-0.3, -0.25) is 9.10 Å². The number of anilines is 2. The molecule has 2 aromatic carbocycles. The zero-order valence-corrected chi connectivity index (χ0v) is 18.6. The number of hydrogen-bond donors (Lipinski definition) is 1. The van der Waals surface area contributed by atoms with Crippen molar-refractivity contribution < 1.29 is 17.9 Å². The Kier molecular flexibility index (Phi) is 6.25. The van der Waals surface area contributed by atoms with Crippen LogP contribution >= 0.6 is 23.2 Å². The van der Waals surface area contributed by atoms with Crippen LogP contribution in [0.1, 0.15) is 41.1 Å². The number of nitrogens with zero attached hydrogens (tertiary/aromatic N) is 1. The van der Waals surface area contributed by atoms with Gasteiger partial charge in [-0.15, -0.1) is 0 Å². The first-order valence-corrected chi connectivity index (χ1v) is 12.2. The van der Waals surface area contributed by atoms with Crippen LogP contribution in [0.25, 0.3) is 0 Å². The lowest BCUT2D eigenvalue weighted by Crippen LogP contribution is -2.25. The van der Waals surface area contributed by atoms with Crippen LogP contribution in [0.15, 0.2) is 36.4 Å². The van der Waals surface area contributed by atoms with E-state index in [1.807, 2.05) is 12.1 Å². The molecule has 0 aliphatic carbocycles. The maximum Gasteiger partial charge on any atom is 0.257 e. The van der Waals surface area contributed by atoms with Crippen molar-refractivity contribution in [2.75, 3.05) is 35.1 Å². The van der Waals surface area contributed by atoms with Gasteiger partial charge in [-0.1, -0.05) is 23.2 Å². The largest absolute Gasteiger partial charge is 0.381 e. The fourth-order valence-corrected chi connectivity index (χ4v) is 5.90. The number of sulfonamides is 1. The number of ether oxygens (including phenoxy) is 1. The molecule has 1 unspecified atom stereocenters. The summed E-state index contributed by atoms with van der Waals surface area (Å²) < 4.78 is 31.3. The molecule has 4 rings (SSSR count). The topological polar surface area (TPSA) is 75.7 Å². The molecule has 0 saturated carbocycles. The lowest BCUT2D eigenvalue weighted by molar-refractivity contribution is 0.0804. The molecule has 0 radical (unpaired) electrons. The van der Waals surface area contributed by atoms with E-state index in [2.05, 4.69) is 5.32 Å². The molecular formula is C21H22Cl2N2O4S. The van der Waals surface area contributed by atoms with Crippen molar-refractivity contribution in [1.29, 1.82) is 0 Å². The highest BCUT2D eigenvalue weighted by atomic mass is 35.5. The fraction of sp³-hybridized carbons (Fsp3) is 0.381. The zero-order chi connectivity index (χ0) is 21.3. The van der Waals surface area contributed by atoms with Crippen LogP contribution in [-0.2, 0) is 14.8 Å². The molecule has 0 aromatic heterocycles. The number of carbonyl (C=O) groups is 1. The number of rotatable bonds is 4. The molecule has 0 bridgehead atoms. The van der Waals surface area contributed by atoms with E-state index in [1.165, 1.54) is 10.4 Å². The molecular weight excluding hydrogens is 447 g/mol. The van der Waals surface area contributed by atoms with Crippen LogP contribution < -0.4 is 9.62 Å². The van der Waals surface area contributed by atoms with Gasteiger partial charge in [0.1, 0.15) is 0 Å². The minimum atomic E-state index is -3.35. The van der Waals surface area contributed by atoms with Crippen LogP contribution in [0.2, 0.25) is 10.0 Å². The lowest BCUT2D eigenvalue weighted by Gasteiger charge is -2.23. The summed E-state index contributed by atoms with van der Waals surface area (Å²) in [6, 6.07) is 10.1. The van der Waals surface area contributed by atoms with Gasteiger partial charge >= 0.3 is 0 Å². The Balaban J connectivity index is 1.58. The smallest absolute Gasteiger partial charge is 0.257 e. The first kappa shape index (κ1) is 21.4. The predicted molar refractivity (Wildman–Crippen MR) is 119 cm³/mol. The Morgan fingerprint density at radius 1 is 1.13 bits per heavy atom. The first-order chi connectivity index (χ1) is 14.3. The van der Waals surface area contributed by atoms with Crippen molar-refractivity contribution >= 4 is 50.5 Å². The Morgan fingerprint density at radius 3 is 2.67 bits per heavy atom. The molecule has 1 N–H and O–H groups in total. The van der Waals surface area contributed by atoms with E-state index < -0.39 is 15.9 Å². The maximum atomic E-state index is 12.9. The average Bonchev–Trinajstić information content (AvgIpc) is 3.07. The van der Waals surface area contributed by atoms with Gasteiger partial charge < -0.3 is 10.1 Å². The summed E-state index contributed by atoms with van der Waals surface area (Å²) >= 11 is 12.5. The van der Waals surface area contributed by atoms with E-state index in [4.69, 9.17) is 27.9 Å². The third kappa shape index (κ3) is 4.59. The monoisotopic (exact) mass is 468 g/mol. The standard InChI is InChI=1S/C21H22Cl2N2O4S/c22-16-9-15(14-3-1-7-29-13-14)10-17(11-16)24-21(26)19-12-18(4-5-20(19)23)25-6-2-8-30(25,27)28/h4-5,9-12,14H,1-3,6-8,13H2,(H,24,26). The van der Waals surface area contributed by atoms with Crippen LogP contribution in [0.4, 0.5) is 11.4 Å². The zero-order valence-electron chi connectivity index (χ0n) is 16.2. The van der Waals surface area contributed by atoms with Crippen LogP contribution in [0, 0.1) is 0 Å². The summed E-state index contributed by atoms with van der Waals surface area (Å²) in [6.45, 7) is 1.79. The van der Waals surface area contributed by atoms with Crippen molar-refractivity contribution in [1.82, 2.24) is 0 Å². The molecule has 1 atom stereocenters. The Labute approximate surface area is 186 Å². The van der Waals surface area contributed by atoms with Crippen molar-refractivity contribution in [2.45, 2.75) is 25.2 Å². The number of amides is 1. The number of benzene rings is 2. The highest BCUT2D eigenvalue weighted by Crippen LogP contribution is 2.32. The molecule has 2 fully saturated rings. The van der Waals surface area contributed by atoms with E-state index >= 15 is 0 Å². The number of carbonyl (C=O) groups excluding carboxylic acids is 1. The number of hydrogen-bond acceptors (Lipinski definition) is 4. The molecule has 2 aliphatic rings. The second-order valence-corrected chi connectivity index (χ2v) is 10.4. The molecule has 2 saturated heterocycles. The average molecular weight is 469 g/mol. The van der Waals surface area contributed by atoms with Crippen molar-refractivity contribution in [3.05, 3.63) is 57.6 Å². The van der Waals surface area contributed by atoms with Gasteiger partial charge in [0.15, 0.2) is 0 Å². The highest BCUT2D eigenvalue weighted by Gasteiger charge is 2.29. The van der Waals surface area contributed by atoms with E-state index in [0.717, 1.165) is 25.0 Å². The summed E-state index contributed by atoms with van der Waals surface area (Å²) in [5, 5.41) is 3.61. The molecule has 2 heterocycles. The molecule has 1 amide bonds. The predicted octanol–water partition coefficient (Wildman–Crippen LogP) is 4.68. The van der Waals surface area contributed by atoms with Crippen molar-refractivity contribution in [3.8, 4) is 0 Å². The summed E-state index contributed by atoms with van der Waals surface area (Å²) in [6.07, 6.45) is 2.55. The number of halogens is 2. The van der Waals surface area contributed by atoms with Crippen LogP contribution in [-0.4, -0.2) is 39.8 Å². The molecule has 0 spiro atoms. The second-order valence-electron chi connectivity index (χ2n) is 7.55. The number of nitrogens with one attached hydrogen (secondary N) is 1. The Hall–Kier alpha value is -1.80. The van der Waals surface area contributed by atoms with Crippen molar-refractivity contribution in [3.63, 3.8) is 0 Å². The van der Waals surface area contributed by atoms with Gasteiger partial charge in [0.25, 0.3) is 5.91 Å². The summed E-state index contributed by atoms with van der Waals surface area (Å²) in [5.41, 5.74) is 2.22. The molecule has 9 heteroatoms. The molecule has 160 valence electrons. The highest BCUT2D eigenvalue weighted by molar-refractivity contribution is 7.93. The summed E-state index contributed by atoms with van der Waals surface area (Å²) in [4.78, 5) is 12.9. The maximum absolute atomic E-state index is 12.9. The molecule has 30 heavy (non-hydrogen) atoms. The Bertz CT molecular complexity index is 1070. The summed E-state index contributed by atoms with van der Waals surface area (Å²) in [7, 11) is -3.35. The van der Waals surface area contributed by atoms with Crippen molar-refractivity contribution in [2.24, 2.45) is 0 Å². The Morgan fingerprint density at radius 2 is 1.97 bits per heavy atom. The molecule has 2 aromatic rings. The molecule has 6 nitrogen and oxygen atoms in total. The molecule has 2 aliphatic heterocycles. The lowest BCUT2D eigenvalue weighted by atomic mass is 9.93. The SMILES string of the molecule is O=C(Nc1cc(Cl)cc(C2CCCOC2)c1)c1cc(N2CCCS2(=O)=O)ccc1Cl. The van der Waals surface area contributed by atoms with E-state index in [0.29, 0.717) is 36.0 Å². The quantitative estimate of drug-likeness (QED) is 0.706. The van der Waals surface area contributed by atoms with Gasteiger partial charge in [0.05, 0.1) is 28.6 Å². The fourth-order valence-electron chi connectivity index (χ4n) is 3.89. The van der Waals surface area contributed by atoms with E-state index in [1.54, 1.807) is 18.2 Å². The minimum Gasteiger partial charge on any atom is -0.381 e. The van der Waals surface area contributed by atoms with Crippen LogP contribution in [0.5, 0.6) is 0 Å². The third-order valence-electron chi connectivity index (χ3n) is 5.39. The van der Waals surface area contributed by atoms with Gasteiger partial charge in [-0.05, 0) is 61.2 Å². The minimum absolute atomic E-state index is 0.104. The van der Waals surface area contributed by atoms with Gasteiger partial charge in [-0.2, -0.15) is 0 Å². The summed E-state index contributed by atoms with van der Waals surface area (Å²) in [5.74, 6) is -0.0835. The second kappa shape index (κ2) is 8.75. The first-order valence-electron chi connectivity index (χ1n) is 9.83.